The molecule has 2 N–H and O–H groups in total. The standard InChI is InChI=1S/C22H31NO4/c1-2-16-8-10-18(11-9-16)20(25)23-13-12-22(21(26)27,19(24)15-23)14-17-6-4-3-5-7-17/h3-7,16,18-19,24H,2,8-15H2,1H3,(H,26,27)/t16?,18?,19-,22-/m1/s1. The summed E-state index contributed by atoms with van der Waals surface area (Å²) in [7, 11) is 0. The van der Waals surface area contributed by atoms with E-state index < -0.39 is 17.5 Å². The van der Waals surface area contributed by atoms with Crippen LogP contribution in [0.3, 0.4) is 0 Å². The lowest BCUT2D eigenvalue weighted by Crippen LogP contribution is -2.57. The molecule has 27 heavy (non-hydrogen) atoms. The van der Waals surface area contributed by atoms with Crippen molar-refractivity contribution >= 4 is 11.9 Å². The predicted molar refractivity (Wildman–Crippen MR) is 103 cm³/mol. The van der Waals surface area contributed by atoms with Crippen LogP contribution in [-0.4, -0.2) is 46.2 Å². The fraction of sp³-hybridized carbons (Fsp3) is 0.636. The van der Waals surface area contributed by atoms with Gasteiger partial charge in [0, 0.05) is 19.0 Å². The number of benzene rings is 1. The number of carbonyl (C=O) groups excluding carboxylic acids is 1. The van der Waals surface area contributed by atoms with E-state index in [-0.39, 0.29) is 31.2 Å². The number of nitrogens with zero attached hydrogens (tertiary/aromatic N) is 1. The zero-order chi connectivity index (χ0) is 19.4. The molecule has 1 heterocycles. The number of hydrogen-bond donors (Lipinski definition) is 2. The first-order valence-corrected chi connectivity index (χ1v) is 10.2. The quantitative estimate of drug-likeness (QED) is 0.831. The van der Waals surface area contributed by atoms with Crippen LogP contribution in [0.4, 0.5) is 0 Å². The van der Waals surface area contributed by atoms with Gasteiger partial charge < -0.3 is 15.1 Å². The van der Waals surface area contributed by atoms with Gasteiger partial charge in [-0.15, -0.1) is 0 Å². The van der Waals surface area contributed by atoms with Crippen LogP contribution in [-0.2, 0) is 16.0 Å². The molecule has 1 amide bonds. The molecule has 3 rings (SSSR count). The van der Waals surface area contributed by atoms with Crippen LogP contribution >= 0.6 is 0 Å². The van der Waals surface area contributed by atoms with Crippen molar-refractivity contribution in [3.05, 3.63) is 35.9 Å². The molecule has 1 saturated carbocycles. The van der Waals surface area contributed by atoms with Crippen LogP contribution in [0.15, 0.2) is 30.3 Å². The number of rotatable bonds is 5. The van der Waals surface area contributed by atoms with E-state index in [1.54, 1.807) is 4.90 Å². The van der Waals surface area contributed by atoms with Gasteiger partial charge in [-0.05, 0) is 50.0 Å². The predicted octanol–water partition coefficient (Wildman–Crippen LogP) is 3.11. The summed E-state index contributed by atoms with van der Waals surface area (Å²) in [5.74, 6) is -0.116. The number of aliphatic hydroxyl groups excluding tert-OH is 1. The minimum atomic E-state index is -1.22. The average Bonchev–Trinajstić information content (AvgIpc) is 2.69. The van der Waals surface area contributed by atoms with Crippen LogP contribution in [0.2, 0.25) is 0 Å². The highest BCUT2D eigenvalue weighted by molar-refractivity contribution is 5.80. The zero-order valence-corrected chi connectivity index (χ0v) is 16.1. The Morgan fingerprint density at radius 1 is 1.15 bits per heavy atom. The van der Waals surface area contributed by atoms with Gasteiger partial charge in [0.15, 0.2) is 0 Å². The SMILES string of the molecule is CCC1CCC(C(=O)N2CC[C@](Cc3ccccc3)(C(=O)O)[C@H](O)C2)CC1. The summed E-state index contributed by atoms with van der Waals surface area (Å²) >= 11 is 0. The zero-order valence-electron chi connectivity index (χ0n) is 16.1. The molecule has 2 aliphatic rings. The Balaban J connectivity index is 1.66. The van der Waals surface area contributed by atoms with Gasteiger partial charge in [0.2, 0.25) is 5.91 Å². The summed E-state index contributed by atoms with van der Waals surface area (Å²) in [5, 5.41) is 20.7. The van der Waals surface area contributed by atoms with E-state index in [1.165, 1.54) is 6.42 Å². The number of carbonyl (C=O) groups is 2. The molecule has 148 valence electrons. The average molecular weight is 373 g/mol. The first-order chi connectivity index (χ1) is 13.0. The van der Waals surface area contributed by atoms with Gasteiger partial charge in [0.25, 0.3) is 0 Å². The fourth-order valence-electron chi connectivity index (χ4n) is 4.74. The first-order valence-electron chi connectivity index (χ1n) is 10.2. The Morgan fingerprint density at radius 3 is 2.37 bits per heavy atom. The number of aliphatic carboxylic acids is 1. The van der Waals surface area contributed by atoms with E-state index in [0.717, 1.165) is 37.2 Å². The number of piperidine rings is 1. The highest BCUT2D eigenvalue weighted by Crippen LogP contribution is 2.38. The molecule has 2 fully saturated rings. The van der Waals surface area contributed by atoms with Crippen LogP contribution in [0.25, 0.3) is 0 Å². The van der Waals surface area contributed by atoms with E-state index in [1.807, 2.05) is 30.3 Å². The number of aliphatic hydroxyl groups is 1. The third kappa shape index (κ3) is 4.18. The summed E-state index contributed by atoms with van der Waals surface area (Å²) in [6, 6.07) is 9.43. The molecule has 0 unspecified atom stereocenters. The van der Waals surface area contributed by atoms with E-state index in [4.69, 9.17) is 0 Å². The molecule has 1 aromatic carbocycles. The molecular formula is C22H31NO4. The van der Waals surface area contributed by atoms with Crippen molar-refractivity contribution in [2.75, 3.05) is 13.1 Å². The molecule has 2 atom stereocenters. The summed E-state index contributed by atoms with van der Waals surface area (Å²) in [4.78, 5) is 26.7. The second kappa shape index (κ2) is 8.42. The van der Waals surface area contributed by atoms with Gasteiger partial charge in [-0.25, -0.2) is 0 Å². The molecular weight excluding hydrogens is 342 g/mol. The smallest absolute Gasteiger partial charge is 0.312 e. The number of likely N-dealkylation sites (tertiary alicyclic amines) is 1. The Bertz CT molecular complexity index is 654. The molecule has 5 heteroatoms. The number of hydrogen-bond acceptors (Lipinski definition) is 3. The van der Waals surface area contributed by atoms with E-state index >= 15 is 0 Å². The Kier molecular flexibility index (Phi) is 6.20. The summed E-state index contributed by atoms with van der Waals surface area (Å²) in [6.07, 6.45) is 4.70. The molecule has 0 radical (unpaired) electrons. The van der Waals surface area contributed by atoms with Gasteiger partial charge in [0.1, 0.15) is 5.41 Å². The molecule has 0 aromatic heterocycles. The Hall–Kier alpha value is -1.88. The van der Waals surface area contributed by atoms with E-state index in [9.17, 15) is 19.8 Å². The topological polar surface area (TPSA) is 77.8 Å². The van der Waals surface area contributed by atoms with Crippen molar-refractivity contribution in [3.63, 3.8) is 0 Å². The molecule has 1 aromatic rings. The molecule has 1 saturated heterocycles. The Morgan fingerprint density at radius 2 is 1.81 bits per heavy atom. The summed E-state index contributed by atoms with van der Waals surface area (Å²) < 4.78 is 0. The van der Waals surface area contributed by atoms with Crippen molar-refractivity contribution in [1.29, 1.82) is 0 Å². The van der Waals surface area contributed by atoms with Gasteiger partial charge in [-0.2, -0.15) is 0 Å². The van der Waals surface area contributed by atoms with Crippen molar-refractivity contribution in [3.8, 4) is 0 Å². The summed E-state index contributed by atoms with van der Waals surface area (Å²) in [6.45, 7) is 2.72. The Labute approximate surface area is 161 Å². The minimum absolute atomic E-state index is 0.0338. The number of amides is 1. The second-order valence-corrected chi connectivity index (χ2v) is 8.30. The van der Waals surface area contributed by atoms with E-state index in [2.05, 4.69) is 6.92 Å². The van der Waals surface area contributed by atoms with Gasteiger partial charge in [-0.1, -0.05) is 43.7 Å². The monoisotopic (exact) mass is 373 g/mol. The van der Waals surface area contributed by atoms with Crippen molar-refractivity contribution in [2.45, 2.75) is 58.0 Å². The van der Waals surface area contributed by atoms with Gasteiger partial charge in [0.05, 0.1) is 6.10 Å². The van der Waals surface area contributed by atoms with Gasteiger partial charge in [-0.3, -0.25) is 9.59 Å². The molecule has 0 spiro atoms. The highest BCUT2D eigenvalue weighted by atomic mass is 16.4. The molecule has 1 aliphatic carbocycles. The van der Waals surface area contributed by atoms with Crippen LogP contribution in [0.5, 0.6) is 0 Å². The number of β-amino-alcohol motifs (C(OH)–C–C–N with tert-alkyl or cyclic N) is 1. The lowest BCUT2D eigenvalue weighted by molar-refractivity contribution is -0.167. The van der Waals surface area contributed by atoms with Crippen LogP contribution < -0.4 is 0 Å². The number of carboxylic acids is 1. The third-order valence-electron chi connectivity index (χ3n) is 6.73. The lowest BCUT2D eigenvalue weighted by atomic mass is 9.71. The molecule has 0 bridgehead atoms. The third-order valence-corrected chi connectivity index (χ3v) is 6.73. The van der Waals surface area contributed by atoms with Crippen LogP contribution in [0, 0.1) is 17.3 Å². The number of carboxylic acid groups (broad SMARTS) is 1. The van der Waals surface area contributed by atoms with Crippen molar-refractivity contribution in [2.24, 2.45) is 17.3 Å². The minimum Gasteiger partial charge on any atom is -0.481 e. The maximum Gasteiger partial charge on any atom is 0.312 e. The maximum atomic E-state index is 12.9. The maximum absolute atomic E-state index is 12.9. The lowest BCUT2D eigenvalue weighted by Gasteiger charge is -2.44. The van der Waals surface area contributed by atoms with Gasteiger partial charge >= 0.3 is 5.97 Å². The normalized spacial score (nSPS) is 31.5. The van der Waals surface area contributed by atoms with Crippen molar-refractivity contribution < 1.29 is 19.8 Å². The van der Waals surface area contributed by atoms with Crippen LogP contribution in [0.1, 0.15) is 51.0 Å². The van der Waals surface area contributed by atoms with Crippen molar-refractivity contribution in [1.82, 2.24) is 4.90 Å². The molecule has 5 nitrogen and oxygen atoms in total. The molecule has 1 aliphatic heterocycles. The second-order valence-electron chi connectivity index (χ2n) is 8.30. The summed E-state index contributed by atoms with van der Waals surface area (Å²) in [5.41, 5.74) is -0.325. The first kappa shape index (κ1) is 19.9. The largest absolute Gasteiger partial charge is 0.481 e. The highest BCUT2D eigenvalue weighted by Gasteiger charge is 2.49. The van der Waals surface area contributed by atoms with E-state index in [0.29, 0.717) is 6.54 Å². The fourth-order valence-corrected chi connectivity index (χ4v) is 4.74.